The first-order valence-corrected chi connectivity index (χ1v) is 10.1. The number of hydrogen-bond acceptors (Lipinski definition) is 4. The first-order chi connectivity index (χ1) is 13.7. The molecule has 5 heteroatoms. The van der Waals surface area contributed by atoms with Gasteiger partial charge in [0.2, 0.25) is 0 Å². The smallest absolute Gasteiger partial charge is 0.270 e. The Hall–Kier alpha value is -2.66. The van der Waals surface area contributed by atoms with Crippen LogP contribution >= 0.6 is 0 Å². The fourth-order valence-corrected chi connectivity index (χ4v) is 3.20. The van der Waals surface area contributed by atoms with Crippen molar-refractivity contribution in [2.24, 2.45) is 0 Å². The third-order valence-electron chi connectivity index (χ3n) is 5.18. The molecule has 5 nitrogen and oxygen atoms in total. The summed E-state index contributed by atoms with van der Waals surface area (Å²) in [5.41, 5.74) is 2.80. The Morgan fingerprint density at radius 3 is 2.54 bits per heavy atom. The summed E-state index contributed by atoms with van der Waals surface area (Å²) in [6.07, 6.45) is 7.14. The summed E-state index contributed by atoms with van der Waals surface area (Å²) in [6, 6.07) is 14.4. The molecule has 1 atom stereocenters. The summed E-state index contributed by atoms with van der Waals surface area (Å²) in [4.78, 5) is 21.3. The van der Waals surface area contributed by atoms with Gasteiger partial charge < -0.3 is 10.2 Å². The summed E-state index contributed by atoms with van der Waals surface area (Å²) in [6.45, 7) is 9.01. The number of nitrogens with one attached hydrogen (secondary N) is 1. The molecule has 0 saturated carbocycles. The van der Waals surface area contributed by atoms with Gasteiger partial charge in [0, 0.05) is 38.8 Å². The molecule has 2 heterocycles. The lowest BCUT2D eigenvalue weighted by molar-refractivity contribution is 0.0934. The molecule has 0 bridgehead atoms. The molecule has 1 saturated heterocycles. The topological polar surface area (TPSA) is 48.5 Å². The standard InChI is InChI=1S/C23H30N4O/c1-3-19(2)25-23(28)22-12-11-21(18-24-22)27-16-14-26(15-17-27)13-7-10-20-8-5-4-6-9-20/h4-12,18-19H,3,13-17H2,1-2H3,(H,25,28)/b10-7+. The largest absolute Gasteiger partial charge is 0.368 e. The van der Waals surface area contributed by atoms with Crippen molar-refractivity contribution < 1.29 is 4.79 Å². The van der Waals surface area contributed by atoms with Gasteiger partial charge in [-0.2, -0.15) is 0 Å². The van der Waals surface area contributed by atoms with E-state index in [-0.39, 0.29) is 11.9 Å². The quantitative estimate of drug-likeness (QED) is 0.802. The number of carbonyl (C=O) groups excluding carboxylic acids is 1. The summed E-state index contributed by atoms with van der Waals surface area (Å²) in [5.74, 6) is -0.101. The van der Waals surface area contributed by atoms with Crippen LogP contribution in [0, 0.1) is 0 Å². The maximum absolute atomic E-state index is 12.1. The number of benzene rings is 1. The number of aromatic nitrogens is 1. The van der Waals surface area contributed by atoms with Crippen molar-refractivity contribution in [3.63, 3.8) is 0 Å². The average Bonchev–Trinajstić information content (AvgIpc) is 2.75. The van der Waals surface area contributed by atoms with Gasteiger partial charge in [-0.15, -0.1) is 0 Å². The lowest BCUT2D eigenvalue weighted by atomic mass is 10.2. The zero-order valence-corrected chi connectivity index (χ0v) is 16.8. The van der Waals surface area contributed by atoms with E-state index >= 15 is 0 Å². The van der Waals surface area contributed by atoms with Crippen LogP contribution in [0.5, 0.6) is 0 Å². The fourth-order valence-electron chi connectivity index (χ4n) is 3.20. The van der Waals surface area contributed by atoms with Crippen LogP contribution in [0.1, 0.15) is 36.3 Å². The molecule has 1 aromatic carbocycles. The van der Waals surface area contributed by atoms with Gasteiger partial charge in [-0.25, -0.2) is 4.98 Å². The summed E-state index contributed by atoms with van der Waals surface area (Å²) in [7, 11) is 0. The van der Waals surface area contributed by atoms with Gasteiger partial charge in [-0.05, 0) is 31.0 Å². The van der Waals surface area contributed by atoms with Crippen molar-refractivity contribution in [3.8, 4) is 0 Å². The molecular weight excluding hydrogens is 348 g/mol. The van der Waals surface area contributed by atoms with Gasteiger partial charge in [0.25, 0.3) is 5.91 Å². The molecular formula is C23H30N4O. The third kappa shape index (κ3) is 5.67. The third-order valence-corrected chi connectivity index (χ3v) is 5.18. The Morgan fingerprint density at radius 1 is 1.14 bits per heavy atom. The molecule has 1 fully saturated rings. The van der Waals surface area contributed by atoms with Gasteiger partial charge in [-0.3, -0.25) is 9.69 Å². The van der Waals surface area contributed by atoms with Crippen LogP contribution < -0.4 is 10.2 Å². The molecule has 148 valence electrons. The maximum Gasteiger partial charge on any atom is 0.270 e. The number of anilines is 1. The molecule has 0 spiro atoms. The second-order valence-corrected chi connectivity index (χ2v) is 7.29. The molecule has 3 rings (SSSR count). The van der Waals surface area contributed by atoms with Crippen molar-refractivity contribution in [2.45, 2.75) is 26.3 Å². The Morgan fingerprint density at radius 2 is 1.89 bits per heavy atom. The molecule has 1 aromatic heterocycles. The van der Waals surface area contributed by atoms with Crippen molar-refractivity contribution in [2.75, 3.05) is 37.6 Å². The average molecular weight is 379 g/mol. The summed E-state index contributed by atoms with van der Waals surface area (Å²) >= 11 is 0. The van der Waals surface area contributed by atoms with E-state index in [4.69, 9.17) is 0 Å². The Labute approximate surface area is 168 Å². The van der Waals surface area contributed by atoms with Crippen molar-refractivity contribution in [3.05, 3.63) is 66.0 Å². The fraction of sp³-hybridized carbons (Fsp3) is 0.391. The lowest BCUT2D eigenvalue weighted by Gasteiger charge is -2.35. The van der Waals surface area contributed by atoms with Crippen LogP contribution in [-0.4, -0.2) is 54.6 Å². The number of amides is 1. The van der Waals surface area contributed by atoms with Gasteiger partial charge >= 0.3 is 0 Å². The number of hydrogen-bond donors (Lipinski definition) is 1. The molecule has 1 aliphatic heterocycles. The molecule has 0 radical (unpaired) electrons. The molecule has 2 aromatic rings. The van der Waals surface area contributed by atoms with Gasteiger partial charge in [0.1, 0.15) is 5.69 Å². The van der Waals surface area contributed by atoms with Crippen LogP contribution in [0.25, 0.3) is 6.08 Å². The highest BCUT2D eigenvalue weighted by Crippen LogP contribution is 2.16. The SMILES string of the molecule is CCC(C)NC(=O)c1ccc(N2CCN(C/C=C/c3ccccc3)CC2)cn1. The Bertz CT molecular complexity index is 765. The van der Waals surface area contributed by atoms with Crippen LogP contribution in [0.2, 0.25) is 0 Å². The number of pyridine rings is 1. The number of carbonyl (C=O) groups is 1. The zero-order chi connectivity index (χ0) is 19.8. The molecule has 0 aliphatic carbocycles. The Kier molecular flexibility index (Phi) is 7.20. The number of nitrogens with zero attached hydrogens (tertiary/aromatic N) is 3. The highest BCUT2D eigenvalue weighted by Gasteiger charge is 2.17. The van der Waals surface area contributed by atoms with Crippen molar-refractivity contribution >= 4 is 17.7 Å². The second-order valence-electron chi connectivity index (χ2n) is 7.29. The molecule has 28 heavy (non-hydrogen) atoms. The minimum Gasteiger partial charge on any atom is -0.368 e. The van der Waals surface area contributed by atoms with Gasteiger partial charge in [-0.1, -0.05) is 49.4 Å². The van der Waals surface area contributed by atoms with E-state index in [9.17, 15) is 4.79 Å². The molecule has 1 aliphatic rings. The minimum atomic E-state index is -0.101. The van der Waals surface area contributed by atoms with E-state index in [0.717, 1.165) is 44.8 Å². The highest BCUT2D eigenvalue weighted by molar-refractivity contribution is 5.92. The predicted molar refractivity (Wildman–Crippen MR) is 116 cm³/mol. The van der Waals surface area contributed by atoms with Crippen molar-refractivity contribution in [1.82, 2.24) is 15.2 Å². The van der Waals surface area contributed by atoms with Gasteiger partial charge in [0.15, 0.2) is 0 Å². The highest BCUT2D eigenvalue weighted by atomic mass is 16.1. The summed E-state index contributed by atoms with van der Waals surface area (Å²) in [5, 5.41) is 2.95. The Balaban J connectivity index is 1.47. The van der Waals surface area contributed by atoms with E-state index in [0.29, 0.717) is 5.69 Å². The molecule has 1 unspecified atom stereocenters. The van der Waals surface area contributed by atoms with E-state index in [1.54, 1.807) is 0 Å². The van der Waals surface area contributed by atoms with Crippen LogP contribution in [0.4, 0.5) is 5.69 Å². The molecule has 1 amide bonds. The van der Waals surface area contributed by atoms with E-state index < -0.39 is 0 Å². The maximum atomic E-state index is 12.1. The van der Waals surface area contributed by atoms with Crippen LogP contribution in [-0.2, 0) is 0 Å². The van der Waals surface area contributed by atoms with Crippen molar-refractivity contribution in [1.29, 1.82) is 0 Å². The molecule has 1 N–H and O–H groups in total. The summed E-state index contributed by atoms with van der Waals surface area (Å²) < 4.78 is 0. The first kappa shape index (κ1) is 20.1. The van der Waals surface area contributed by atoms with E-state index in [1.807, 2.05) is 31.3 Å². The second kappa shape index (κ2) is 10.0. The monoisotopic (exact) mass is 378 g/mol. The number of rotatable bonds is 7. The van der Waals surface area contributed by atoms with E-state index in [1.165, 1.54) is 5.56 Å². The first-order valence-electron chi connectivity index (χ1n) is 10.1. The predicted octanol–water partition coefficient (Wildman–Crippen LogP) is 3.45. The normalized spacial score (nSPS) is 16.3. The van der Waals surface area contributed by atoms with Gasteiger partial charge in [0.05, 0.1) is 11.9 Å². The van der Waals surface area contributed by atoms with Crippen LogP contribution in [0.3, 0.4) is 0 Å². The zero-order valence-electron chi connectivity index (χ0n) is 16.8. The number of piperazine rings is 1. The minimum absolute atomic E-state index is 0.101. The lowest BCUT2D eigenvalue weighted by Crippen LogP contribution is -2.46. The van der Waals surface area contributed by atoms with Crippen LogP contribution in [0.15, 0.2) is 54.7 Å². The van der Waals surface area contributed by atoms with E-state index in [2.05, 4.69) is 63.4 Å².